The van der Waals surface area contributed by atoms with Crippen LogP contribution in [0, 0.1) is 0 Å². The molecule has 0 saturated heterocycles. The van der Waals surface area contributed by atoms with Crippen LogP contribution in [0.3, 0.4) is 0 Å². The van der Waals surface area contributed by atoms with Gasteiger partial charge in [-0.1, -0.05) is 174 Å². The van der Waals surface area contributed by atoms with Crippen molar-refractivity contribution >= 4 is 17.9 Å². The summed E-state index contributed by atoms with van der Waals surface area (Å²) in [5.74, 6) is -0.941. The number of unbranched alkanes of at least 4 members (excludes halogenated alkanes) is 25. The van der Waals surface area contributed by atoms with Crippen LogP contribution in [0.1, 0.15) is 226 Å². The fourth-order valence-electron chi connectivity index (χ4n) is 6.06. The summed E-state index contributed by atoms with van der Waals surface area (Å²) in [5.41, 5.74) is 0. The van der Waals surface area contributed by atoms with Crippen molar-refractivity contribution in [1.82, 2.24) is 0 Å². The average Bonchev–Trinajstić information content (AvgIpc) is 3.09. The summed E-state index contributed by atoms with van der Waals surface area (Å²) >= 11 is 0. The monoisotopic (exact) mass is 693 g/mol. The van der Waals surface area contributed by atoms with E-state index in [1.165, 1.54) is 135 Å². The van der Waals surface area contributed by atoms with Gasteiger partial charge in [-0.15, -0.1) is 0 Å². The molecular formula is C43H80O6. The summed E-state index contributed by atoms with van der Waals surface area (Å²) < 4.78 is 16.3. The first-order valence-corrected chi connectivity index (χ1v) is 21.2. The molecular weight excluding hydrogens is 612 g/mol. The molecule has 0 amide bonds. The maximum atomic E-state index is 12.3. The molecule has 0 rings (SSSR count). The van der Waals surface area contributed by atoms with Crippen LogP contribution >= 0.6 is 0 Å². The highest BCUT2D eigenvalue weighted by Crippen LogP contribution is 2.15. The highest BCUT2D eigenvalue weighted by atomic mass is 16.6. The van der Waals surface area contributed by atoms with E-state index in [0.717, 1.165) is 44.9 Å². The molecule has 0 aliphatic heterocycles. The van der Waals surface area contributed by atoms with Crippen LogP contribution in [-0.4, -0.2) is 37.2 Å². The van der Waals surface area contributed by atoms with Crippen LogP contribution in [0.25, 0.3) is 0 Å². The van der Waals surface area contributed by atoms with E-state index in [0.29, 0.717) is 19.3 Å². The molecule has 0 heterocycles. The third-order valence-electron chi connectivity index (χ3n) is 9.24. The van der Waals surface area contributed by atoms with E-state index in [1.807, 2.05) is 6.92 Å². The van der Waals surface area contributed by atoms with Gasteiger partial charge in [-0.25, -0.2) is 0 Å². The van der Waals surface area contributed by atoms with E-state index in [4.69, 9.17) is 14.2 Å². The number of esters is 3. The molecule has 0 aromatic heterocycles. The van der Waals surface area contributed by atoms with Gasteiger partial charge in [-0.05, 0) is 44.9 Å². The predicted octanol–water partition coefficient (Wildman–Crippen LogP) is 13.1. The lowest BCUT2D eigenvalue weighted by atomic mass is 10.0. The van der Waals surface area contributed by atoms with Crippen molar-refractivity contribution in [2.75, 3.05) is 13.2 Å². The van der Waals surface area contributed by atoms with Crippen molar-refractivity contribution in [3.05, 3.63) is 12.2 Å². The highest BCUT2D eigenvalue weighted by Gasteiger charge is 2.19. The van der Waals surface area contributed by atoms with Gasteiger partial charge in [0.15, 0.2) is 6.10 Å². The van der Waals surface area contributed by atoms with Crippen molar-refractivity contribution in [2.24, 2.45) is 0 Å². The van der Waals surface area contributed by atoms with E-state index in [9.17, 15) is 14.4 Å². The van der Waals surface area contributed by atoms with Gasteiger partial charge in [0.1, 0.15) is 13.2 Å². The Kier molecular flexibility index (Phi) is 37.5. The van der Waals surface area contributed by atoms with Gasteiger partial charge < -0.3 is 14.2 Å². The van der Waals surface area contributed by atoms with Gasteiger partial charge in [0.05, 0.1) is 0 Å². The Bertz CT molecular complexity index is 763. The van der Waals surface area contributed by atoms with Gasteiger partial charge >= 0.3 is 17.9 Å². The Morgan fingerprint density at radius 1 is 0.388 bits per heavy atom. The second-order valence-corrected chi connectivity index (χ2v) is 14.3. The predicted molar refractivity (Wildman–Crippen MR) is 206 cm³/mol. The minimum absolute atomic E-state index is 0.0757. The van der Waals surface area contributed by atoms with E-state index in [1.54, 1.807) is 0 Å². The summed E-state index contributed by atoms with van der Waals surface area (Å²) in [6.45, 7) is 6.28. The number of ether oxygens (including phenoxy) is 3. The van der Waals surface area contributed by atoms with Crippen LogP contribution in [-0.2, 0) is 28.6 Å². The number of hydrogen-bond donors (Lipinski definition) is 0. The van der Waals surface area contributed by atoms with Crippen molar-refractivity contribution in [1.29, 1.82) is 0 Å². The third-order valence-corrected chi connectivity index (χ3v) is 9.24. The summed E-state index contributed by atoms with van der Waals surface area (Å²) in [4.78, 5) is 36.7. The molecule has 0 saturated carbocycles. The normalized spacial score (nSPS) is 12.0. The molecule has 1 atom stereocenters. The van der Waals surface area contributed by atoms with Gasteiger partial charge in [-0.3, -0.25) is 14.4 Å². The molecule has 0 aromatic carbocycles. The van der Waals surface area contributed by atoms with E-state index < -0.39 is 6.10 Å². The number of carbonyl (C=O) groups is 3. The molecule has 0 fully saturated rings. The summed E-state index contributed by atoms with van der Waals surface area (Å²) in [7, 11) is 0. The fraction of sp³-hybridized carbons (Fsp3) is 0.884. The fourth-order valence-corrected chi connectivity index (χ4v) is 6.06. The lowest BCUT2D eigenvalue weighted by Crippen LogP contribution is -2.30. The smallest absolute Gasteiger partial charge is 0.306 e. The zero-order valence-corrected chi connectivity index (χ0v) is 32.7. The first-order chi connectivity index (χ1) is 24.0. The van der Waals surface area contributed by atoms with E-state index in [2.05, 4.69) is 26.0 Å². The molecule has 6 nitrogen and oxygen atoms in total. The number of rotatable bonds is 38. The summed E-state index contributed by atoms with van der Waals surface area (Å²) in [6.07, 6.45) is 40.5. The number of carbonyl (C=O) groups excluding carboxylic acids is 3. The Balaban J connectivity index is 3.90. The molecule has 288 valence electrons. The number of hydrogen-bond acceptors (Lipinski definition) is 6. The van der Waals surface area contributed by atoms with Crippen molar-refractivity contribution in [2.45, 2.75) is 232 Å². The second kappa shape index (κ2) is 38.9. The van der Waals surface area contributed by atoms with Gasteiger partial charge in [0.2, 0.25) is 0 Å². The maximum absolute atomic E-state index is 12.3. The van der Waals surface area contributed by atoms with Crippen LogP contribution in [0.2, 0.25) is 0 Å². The van der Waals surface area contributed by atoms with Crippen LogP contribution in [0.15, 0.2) is 12.2 Å². The first kappa shape index (κ1) is 47.1. The molecule has 0 aromatic rings. The van der Waals surface area contributed by atoms with Gasteiger partial charge in [0.25, 0.3) is 0 Å². The first-order valence-electron chi connectivity index (χ1n) is 21.2. The van der Waals surface area contributed by atoms with Crippen molar-refractivity contribution < 1.29 is 28.6 Å². The van der Waals surface area contributed by atoms with E-state index >= 15 is 0 Å². The van der Waals surface area contributed by atoms with Crippen LogP contribution < -0.4 is 0 Å². The van der Waals surface area contributed by atoms with Crippen LogP contribution in [0.5, 0.6) is 0 Å². The molecule has 6 heteroatoms. The molecule has 0 radical (unpaired) electrons. The Labute approximate surface area is 303 Å². The van der Waals surface area contributed by atoms with Crippen LogP contribution in [0.4, 0.5) is 0 Å². The SMILES string of the molecule is CCCCCCCCC=CCCCCCCCC(=O)OCC(COC(=O)CCCCCCCCCCCCCCCCC)OC(=O)CCC. The topological polar surface area (TPSA) is 78.9 Å². The minimum Gasteiger partial charge on any atom is -0.462 e. The molecule has 0 bridgehead atoms. The standard InChI is InChI=1S/C43H80O6/c1-4-7-9-11-13-15-17-19-21-23-25-27-29-31-33-36-41(44)47-38-40(49-43(46)35-6-3)39-48-42(45)37-34-32-30-28-26-24-22-20-18-16-14-12-10-8-5-2/h19,21,40H,4-18,20,22-39H2,1-3H3. The number of allylic oxidation sites excluding steroid dienone is 2. The minimum atomic E-state index is -0.762. The van der Waals surface area contributed by atoms with Crippen molar-refractivity contribution in [3.63, 3.8) is 0 Å². The third kappa shape index (κ3) is 37.2. The summed E-state index contributed by atoms with van der Waals surface area (Å²) in [5, 5.41) is 0. The highest BCUT2D eigenvalue weighted by molar-refractivity contribution is 5.71. The molecule has 0 aliphatic carbocycles. The molecule has 0 aliphatic rings. The van der Waals surface area contributed by atoms with E-state index in [-0.39, 0.29) is 37.5 Å². The lowest BCUT2D eigenvalue weighted by molar-refractivity contribution is -0.166. The average molecular weight is 693 g/mol. The molecule has 0 spiro atoms. The Morgan fingerprint density at radius 3 is 1.06 bits per heavy atom. The Morgan fingerprint density at radius 2 is 0.714 bits per heavy atom. The van der Waals surface area contributed by atoms with Gasteiger partial charge in [-0.2, -0.15) is 0 Å². The lowest BCUT2D eigenvalue weighted by Gasteiger charge is -2.18. The molecule has 0 N–H and O–H groups in total. The summed E-state index contributed by atoms with van der Waals surface area (Å²) in [6, 6.07) is 0. The largest absolute Gasteiger partial charge is 0.462 e. The van der Waals surface area contributed by atoms with Crippen molar-refractivity contribution in [3.8, 4) is 0 Å². The zero-order valence-electron chi connectivity index (χ0n) is 32.7. The Hall–Kier alpha value is -1.85. The molecule has 49 heavy (non-hydrogen) atoms. The van der Waals surface area contributed by atoms with Gasteiger partial charge in [0, 0.05) is 19.3 Å². The zero-order chi connectivity index (χ0) is 35.9. The second-order valence-electron chi connectivity index (χ2n) is 14.3. The quantitative estimate of drug-likeness (QED) is 0.0277. The molecule has 1 unspecified atom stereocenters. The maximum Gasteiger partial charge on any atom is 0.306 e.